The predicted molar refractivity (Wildman–Crippen MR) is 130 cm³/mol. The normalized spacial score (nSPS) is 17.4. The monoisotopic (exact) mass is 427 g/mol. The number of methoxy groups -OCH3 is 1. The van der Waals surface area contributed by atoms with Gasteiger partial charge in [0, 0.05) is 24.4 Å². The van der Waals surface area contributed by atoms with Crippen LogP contribution in [0.5, 0.6) is 5.75 Å². The van der Waals surface area contributed by atoms with E-state index in [2.05, 4.69) is 69.0 Å². The Kier molecular flexibility index (Phi) is 8.34. The highest BCUT2D eigenvalue weighted by molar-refractivity contribution is 7.48. The number of rotatable bonds is 9. The molecule has 0 N–H and O–H groups in total. The molecule has 2 aromatic rings. The van der Waals surface area contributed by atoms with Crippen molar-refractivity contribution < 1.29 is 9.47 Å². The van der Waals surface area contributed by atoms with Crippen LogP contribution in [0.1, 0.15) is 61.8 Å². The van der Waals surface area contributed by atoms with Gasteiger partial charge in [-0.3, -0.25) is 4.90 Å². The van der Waals surface area contributed by atoms with Crippen LogP contribution in [-0.2, 0) is 16.4 Å². The van der Waals surface area contributed by atoms with Gasteiger partial charge < -0.3 is 9.47 Å². The number of piperidine rings is 1. The maximum absolute atomic E-state index is 5.97. The van der Waals surface area contributed by atoms with E-state index in [1.165, 1.54) is 59.9 Å². The predicted octanol–water partition coefficient (Wildman–Crippen LogP) is 5.90. The molecule has 1 aliphatic rings. The third kappa shape index (κ3) is 5.84. The highest BCUT2D eigenvalue weighted by Crippen LogP contribution is 2.48. The summed E-state index contributed by atoms with van der Waals surface area (Å²) in [6.45, 7) is 12.9. The van der Waals surface area contributed by atoms with Crippen molar-refractivity contribution in [3.05, 3.63) is 58.7 Å². The van der Waals surface area contributed by atoms with Crippen LogP contribution >= 0.6 is 8.58 Å². The van der Waals surface area contributed by atoms with E-state index in [9.17, 15) is 0 Å². The Morgan fingerprint density at radius 2 is 1.70 bits per heavy atom. The first-order valence-electron chi connectivity index (χ1n) is 11.3. The van der Waals surface area contributed by atoms with Gasteiger partial charge in [0.15, 0.2) is 6.79 Å². The van der Waals surface area contributed by atoms with Gasteiger partial charge in [0.25, 0.3) is 0 Å². The SMILES string of the molecule is CCC(C)(Pc1ccc(C)cc1CN1CCCCC1)c1cc(C)ccc1OCOC. The van der Waals surface area contributed by atoms with E-state index in [1.54, 1.807) is 7.11 Å². The summed E-state index contributed by atoms with van der Waals surface area (Å²) >= 11 is 0. The molecular weight excluding hydrogens is 389 g/mol. The van der Waals surface area contributed by atoms with Crippen molar-refractivity contribution in [2.45, 2.75) is 65.1 Å². The molecule has 0 saturated carbocycles. The van der Waals surface area contributed by atoms with Crippen molar-refractivity contribution in [3.8, 4) is 5.75 Å². The highest BCUT2D eigenvalue weighted by atomic mass is 31.1. The first kappa shape index (κ1) is 23.3. The first-order valence-corrected chi connectivity index (χ1v) is 12.3. The Hall–Kier alpha value is -1.41. The lowest BCUT2D eigenvalue weighted by Crippen LogP contribution is -2.31. The van der Waals surface area contributed by atoms with Crippen molar-refractivity contribution in [1.29, 1.82) is 0 Å². The van der Waals surface area contributed by atoms with Gasteiger partial charge in [-0.15, -0.1) is 0 Å². The molecule has 0 bridgehead atoms. The molecule has 0 radical (unpaired) electrons. The zero-order valence-electron chi connectivity index (χ0n) is 19.4. The van der Waals surface area contributed by atoms with Crippen LogP contribution in [0.25, 0.3) is 0 Å². The number of nitrogens with zero attached hydrogens (tertiary/aromatic N) is 1. The van der Waals surface area contributed by atoms with Gasteiger partial charge in [0.05, 0.1) is 0 Å². The first-order chi connectivity index (χ1) is 14.4. The second-order valence-corrected chi connectivity index (χ2v) is 10.8. The van der Waals surface area contributed by atoms with Crippen LogP contribution in [0, 0.1) is 13.8 Å². The fourth-order valence-electron chi connectivity index (χ4n) is 4.30. The summed E-state index contributed by atoms with van der Waals surface area (Å²) in [5.41, 5.74) is 5.43. The molecule has 0 aromatic heterocycles. The zero-order valence-corrected chi connectivity index (χ0v) is 20.4. The maximum atomic E-state index is 5.97. The molecule has 0 aliphatic carbocycles. The Bertz CT molecular complexity index is 832. The second-order valence-electron chi connectivity index (χ2n) is 8.86. The standard InChI is InChI=1S/C26H38NO2P/c1-6-26(4,23-17-21(3)10-12-24(23)29-19-28-5)30-25-13-11-20(2)16-22(25)18-27-14-8-7-9-15-27/h10-13,16-17,30H,6-9,14-15,18-19H2,1-5H3. The quantitative estimate of drug-likeness (QED) is 0.367. The second kappa shape index (κ2) is 10.8. The van der Waals surface area contributed by atoms with Crippen molar-refractivity contribution >= 4 is 13.9 Å². The number of aryl methyl sites for hydroxylation is 2. The summed E-state index contributed by atoms with van der Waals surface area (Å²) in [4.78, 5) is 2.63. The molecule has 164 valence electrons. The van der Waals surface area contributed by atoms with Gasteiger partial charge >= 0.3 is 0 Å². The summed E-state index contributed by atoms with van der Waals surface area (Å²) in [5, 5.41) is 1.52. The number of hydrogen-bond acceptors (Lipinski definition) is 3. The number of ether oxygens (including phenoxy) is 2. The molecule has 4 heteroatoms. The Morgan fingerprint density at radius 3 is 2.40 bits per heavy atom. The molecule has 1 saturated heterocycles. The Labute approximate surface area is 184 Å². The largest absolute Gasteiger partial charge is 0.467 e. The van der Waals surface area contributed by atoms with E-state index in [4.69, 9.17) is 9.47 Å². The lowest BCUT2D eigenvalue weighted by molar-refractivity contribution is 0.0500. The highest BCUT2D eigenvalue weighted by Gasteiger charge is 2.30. The number of benzene rings is 2. The molecular formula is C26H38NO2P. The Balaban J connectivity index is 1.92. The van der Waals surface area contributed by atoms with Crippen LogP contribution in [0.3, 0.4) is 0 Å². The molecule has 0 amide bonds. The van der Waals surface area contributed by atoms with Crippen LogP contribution in [-0.4, -0.2) is 31.9 Å². The van der Waals surface area contributed by atoms with Crippen LogP contribution in [0.15, 0.2) is 36.4 Å². The minimum absolute atomic E-state index is 0.0288. The molecule has 2 aromatic carbocycles. The van der Waals surface area contributed by atoms with Gasteiger partial charge in [-0.25, -0.2) is 0 Å². The van der Waals surface area contributed by atoms with E-state index in [0.29, 0.717) is 8.58 Å². The maximum Gasteiger partial charge on any atom is 0.188 e. The van der Waals surface area contributed by atoms with E-state index in [0.717, 1.165) is 18.7 Å². The van der Waals surface area contributed by atoms with E-state index in [1.807, 2.05) is 0 Å². The van der Waals surface area contributed by atoms with Crippen molar-refractivity contribution in [2.24, 2.45) is 0 Å². The number of likely N-dealkylation sites (tertiary alicyclic amines) is 1. The lowest BCUT2D eigenvalue weighted by atomic mass is 9.95. The molecule has 3 rings (SSSR count). The van der Waals surface area contributed by atoms with Crippen molar-refractivity contribution in [3.63, 3.8) is 0 Å². The third-order valence-electron chi connectivity index (χ3n) is 6.28. The molecule has 2 unspecified atom stereocenters. The molecule has 30 heavy (non-hydrogen) atoms. The topological polar surface area (TPSA) is 21.7 Å². The van der Waals surface area contributed by atoms with Gasteiger partial charge in [-0.1, -0.05) is 70.3 Å². The molecule has 1 fully saturated rings. The number of hydrogen-bond donors (Lipinski definition) is 0. The van der Waals surface area contributed by atoms with Crippen LogP contribution in [0.4, 0.5) is 0 Å². The van der Waals surface area contributed by atoms with Crippen LogP contribution < -0.4 is 10.0 Å². The van der Waals surface area contributed by atoms with Gasteiger partial charge in [-0.2, -0.15) is 0 Å². The molecule has 1 aliphatic heterocycles. The fourth-order valence-corrected chi connectivity index (χ4v) is 5.88. The third-order valence-corrected chi connectivity index (χ3v) is 8.21. The van der Waals surface area contributed by atoms with E-state index < -0.39 is 0 Å². The van der Waals surface area contributed by atoms with Crippen molar-refractivity contribution in [2.75, 3.05) is 27.0 Å². The molecule has 2 atom stereocenters. The van der Waals surface area contributed by atoms with E-state index in [-0.39, 0.29) is 11.9 Å². The lowest BCUT2D eigenvalue weighted by Gasteiger charge is -2.33. The van der Waals surface area contributed by atoms with E-state index >= 15 is 0 Å². The summed E-state index contributed by atoms with van der Waals surface area (Å²) in [6, 6.07) is 13.6. The minimum atomic E-state index is 0.0288. The molecule has 1 heterocycles. The summed E-state index contributed by atoms with van der Waals surface area (Å²) in [5.74, 6) is 0.948. The summed E-state index contributed by atoms with van der Waals surface area (Å²) in [7, 11) is 2.37. The average molecular weight is 428 g/mol. The minimum Gasteiger partial charge on any atom is -0.467 e. The van der Waals surface area contributed by atoms with Gasteiger partial charge in [-0.05, 0) is 63.1 Å². The Morgan fingerprint density at radius 1 is 1.00 bits per heavy atom. The fraction of sp³-hybridized carbons (Fsp3) is 0.538. The smallest absolute Gasteiger partial charge is 0.188 e. The molecule has 0 spiro atoms. The van der Waals surface area contributed by atoms with Gasteiger partial charge in [0.1, 0.15) is 5.75 Å². The zero-order chi connectivity index (χ0) is 21.6. The average Bonchev–Trinajstić information content (AvgIpc) is 2.75. The van der Waals surface area contributed by atoms with Crippen LogP contribution in [0.2, 0.25) is 0 Å². The van der Waals surface area contributed by atoms with Gasteiger partial charge in [0.2, 0.25) is 0 Å². The summed E-state index contributed by atoms with van der Waals surface area (Å²) < 4.78 is 11.2. The summed E-state index contributed by atoms with van der Waals surface area (Å²) in [6.07, 6.45) is 5.11. The van der Waals surface area contributed by atoms with Crippen molar-refractivity contribution in [1.82, 2.24) is 4.90 Å². The molecule has 3 nitrogen and oxygen atoms in total.